The molecule has 1 aliphatic rings. The molecule has 4 aromatic carbocycles. The summed E-state index contributed by atoms with van der Waals surface area (Å²) < 4.78 is 83.9. The number of hydrogen-bond donors (Lipinski definition) is 2. The van der Waals surface area contributed by atoms with Crippen LogP contribution in [0.25, 0.3) is 0 Å². The molecule has 3 atom stereocenters. The Morgan fingerprint density at radius 1 is 0.922 bits per heavy atom. The van der Waals surface area contributed by atoms with E-state index in [1.54, 1.807) is 19.1 Å². The lowest BCUT2D eigenvalue weighted by Crippen LogP contribution is -2.58. The van der Waals surface area contributed by atoms with Gasteiger partial charge in [-0.15, -0.1) is 0 Å². The fourth-order valence-electron chi connectivity index (χ4n) is 6.54. The number of ether oxygens (including phenoxy) is 2. The molecule has 0 unspecified atom stereocenters. The van der Waals surface area contributed by atoms with Crippen molar-refractivity contribution in [3.05, 3.63) is 125 Å². The zero-order valence-corrected chi connectivity index (χ0v) is 29.1. The average molecular weight is 725 g/mol. The molecule has 3 N–H and O–H groups in total. The number of nitrogens with zero attached hydrogens (tertiary/aromatic N) is 2. The minimum Gasteiger partial charge on any atom is -0.497 e. The maximum absolute atomic E-state index is 15.8. The summed E-state index contributed by atoms with van der Waals surface area (Å²) in [5.41, 5.74) is 6.82. The molecule has 0 aromatic heterocycles. The van der Waals surface area contributed by atoms with E-state index < -0.39 is 63.5 Å². The van der Waals surface area contributed by atoms with E-state index in [-0.39, 0.29) is 46.7 Å². The van der Waals surface area contributed by atoms with Crippen molar-refractivity contribution in [2.24, 2.45) is 5.73 Å². The van der Waals surface area contributed by atoms with Gasteiger partial charge in [0.25, 0.3) is 5.91 Å². The highest BCUT2D eigenvalue weighted by Crippen LogP contribution is 2.34. The van der Waals surface area contributed by atoms with Crippen molar-refractivity contribution in [2.75, 3.05) is 32.2 Å². The van der Waals surface area contributed by atoms with Gasteiger partial charge in [-0.05, 0) is 91.6 Å². The quantitative estimate of drug-likeness (QED) is 0.212. The van der Waals surface area contributed by atoms with Crippen LogP contribution in [-0.2, 0) is 26.0 Å². The molecular formula is C37H39F3N4O6S. The second kappa shape index (κ2) is 16.1. The van der Waals surface area contributed by atoms with E-state index in [0.717, 1.165) is 25.3 Å². The Kier molecular flexibility index (Phi) is 11.8. The number of piperazine rings is 1. The number of imide groups is 1. The van der Waals surface area contributed by atoms with Crippen LogP contribution in [0.3, 0.4) is 0 Å². The van der Waals surface area contributed by atoms with Crippen molar-refractivity contribution in [1.82, 2.24) is 9.62 Å². The number of benzene rings is 4. The number of sulfonamides is 1. The summed E-state index contributed by atoms with van der Waals surface area (Å²) in [7, 11) is -1.48. The topological polar surface area (TPSA) is 131 Å². The molecule has 51 heavy (non-hydrogen) atoms. The Balaban J connectivity index is 1.50. The first kappa shape index (κ1) is 37.5. The molecule has 2 amide bonds. The van der Waals surface area contributed by atoms with Gasteiger partial charge in [-0.1, -0.05) is 30.3 Å². The minimum atomic E-state index is -4.00. The number of nitrogens with one attached hydrogen (secondary N) is 1. The van der Waals surface area contributed by atoms with Crippen LogP contribution in [0.5, 0.6) is 5.75 Å². The average Bonchev–Trinajstić information content (AvgIpc) is 3.11. The van der Waals surface area contributed by atoms with Crippen LogP contribution in [0.15, 0.2) is 95.9 Å². The van der Waals surface area contributed by atoms with E-state index in [4.69, 9.17) is 15.2 Å². The van der Waals surface area contributed by atoms with E-state index in [1.807, 2.05) is 0 Å². The number of rotatable bonds is 11. The highest BCUT2D eigenvalue weighted by atomic mass is 32.2. The number of carbonyl (C=O) groups excluding carboxylic acids is 2. The summed E-state index contributed by atoms with van der Waals surface area (Å²) in [5, 5.41) is 3.23. The Labute approximate surface area is 295 Å². The molecule has 1 saturated heterocycles. The summed E-state index contributed by atoms with van der Waals surface area (Å²) in [6, 6.07) is 17.7. The van der Waals surface area contributed by atoms with Crippen LogP contribution >= 0.6 is 0 Å². The van der Waals surface area contributed by atoms with Gasteiger partial charge in [-0.25, -0.2) is 31.3 Å². The molecule has 14 heteroatoms. The van der Waals surface area contributed by atoms with Gasteiger partial charge in [0, 0.05) is 36.7 Å². The number of carbonyl (C=O) groups is 2. The lowest BCUT2D eigenvalue weighted by atomic mass is 9.84. The Bertz CT molecular complexity index is 1940. The highest BCUT2D eigenvalue weighted by molar-refractivity contribution is 7.89. The van der Waals surface area contributed by atoms with Crippen molar-refractivity contribution >= 4 is 27.7 Å². The van der Waals surface area contributed by atoms with Crippen LogP contribution in [0.1, 0.15) is 36.0 Å². The van der Waals surface area contributed by atoms with E-state index >= 15 is 4.39 Å². The van der Waals surface area contributed by atoms with Crippen LogP contribution < -0.4 is 20.7 Å². The molecule has 1 heterocycles. The van der Waals surface area contributed by atoms with Gasteiger partial charge >= 0.3 is 6.09 Å². The van der Waals surface area contributed by atoms with Gasteiger partial charge in [0.2, 0.25) is 10.0 Å². The zero-order valence-electron chi connectivity index (χ0n) is 28.3. The summed E-state index contributed by atoms with van der Waals surface area (Å²) in [4.78, 5) is 28.3. The van der Waals surface area contributed by atoms with Crippen LogP contribution in [-0.4, -0.2) is 70.2 Å². The molecule has 4 aromatic rings. The third-order valence-electron chi connectivity index (χ3n) is 8.95. The molecule has 0 radical (unpaired) electrons. The first-order valence-corrected chi connectivity index (χ1v) is 17.7. The van der Waals surface area contributed by atoms with E-state index in [0.29, 0.717) is 17.2 Å². The van der Waals surface area contributed by atoms with E-state index in [2.05, 4.69) is 5.32 Å². The van der Waals surface area contributed by atoms with Gasteiger partial charge < -0.3 is 20.5 Å². The molecule has 10 nitrogen and oxygen atoms in total. The normalized spacial score (nSPS) is 17.2. The van der Waals surface area contributed by atoms with Gasteiger partial charge in [-0.3, -0.25) is 4.79 Å². The number of amides is 2. The van der Waals surface area contributed by atoms with Crippen molar-refractivity contribution in [1.29, 1.82) is 0 Å². The van der Waals surface area contributed by atoms with Crippen LogP contribution in [0, 0.1) is 17.5 Å². The Morgan fingerprint density at radius 3 is 2.10 bits per heavy atom. The number of halogens is 3. The van der Waals surface area contributed by atoms with Crippen LogP contribution in [0.4, 0.5) is 23.7 Å². The van der Waals surface area contributed by atoms with Crippen LogP contribution in [0.2, 0.25) is 0 Å². The third-order valence-corrected chi connectivity index (χ3v) is 11.0. The van der Waals surface area contributed by atoms with Crippen molar-refractivity contribution in [3.63, 3.8) is 0 Å². The predicted molar refractivity (Wildman–Crippen MR) is 185 cm³/mol. The monoisotopic (exact) mass is 724 g/mol. The molecule has 270 valence electrons. The van der Waals surface area contributed by atoms with E-state index in [1.165, 1.54) is 72.1 Å². The van der Waals surface area contributed by atoms with Gasteiger partial charge in [0.15, 0.2) is 0 Å². The molecule has 5 rings (SSSR count). The standard InChI is InChI=1S/C37H39F3N4O6S/c1-23-21-42-22-28(44(23)51(47,48)30-16-14-29(49-2)15-17-30)13-18-31-32(40)11-6-12-33(31)43(37(46)50-3)36(45)35(41)34(24-7-4-9-26(38)19-24)25-8-5-10-27(39)20-25/h4-12,14-17,19-20,23,28,34-35,42H,13,18,21-22,41H2,1-3H3/t23-,28-,35-/m0/s1. The first-order valence-electron chi connectivity index (χ1n) is 16.2. The minimum absolute atomic E-state index is 0.0588. The Morgan fingerprint density at radius 2 is 1.53 bits per heavy atom. The summed E-state index contributed by atoms with van der Waals surface area (Å²) in [6.45, 7) is 2.41. The van der Waals surface area contributed by atoms with Gasteiger partial charge in [-0.2, -0.15) is 4.31 Å². The smallest absolute Gasteiger partial charge is 0.420 e. The molecule has 0 spiro atoms. The third kappa shape index (κ3) is 8.09. The fourth-order valence-corrected chi connectivity index (χ4v) is 8.39. The van der Waals surface area contributed by atoms with Crippen molar-refractivity contribution in [3.8, 4) is 5.75 Å². The molecule has 0 saturated carbocycles. The predicted octanol–water partition coefficient (Wildman–Crippen LogP) is 5.36. The fraction of sp³-hybridized carbons (Fsp3) is 0.297. The maximum atomic E-state index is 15.8. The second-order valence-corrected chi connectivity index (χ2v) is 14.0. The Hall–Kier alpha value is -4.76. The number of nitrogens with two attached hydrogens (primary N) is 1. The zero-order chi connectivity index (χ0) is 36.9. The lowest BCUT2D eigenvalue weighted by molar-refractivity contribution is -0.119. The molecule has 0 bridgehead atoms. The molecule has 0 aliphatic carbocycles. The molecular weight excluding hydrogens is 685 g/mol. The first-order chi connectivity index (χ1) is 24.4. The summed E-state index contributed by atoms with van der Waals surface area (Å²) in [5.74, 6) is -3.66. The number of anilines is 1. The molecule has 1 fully saturated rings. The lowest BCUT2D eigenvalue weighted by Gasteiger charge is -2.40. The SMILES string of the molecule is COC(=O)N(C(=O)[C@@H](N)C(c1cccc(F)c1)c1cccc(F)c1)c1cccc(F)c1CC[C@H]1CNC[C@H](C)N1S(=O)(=O)c1ccc(OC)cc1. The van der Waals surface area contributed by atoms with E-state index in [9.17, 15) is 26.8 Å². The number of methoxy groups -OCH3 is 2. The van der Waals surface area contributed by atoms with Crippen molar-refractivity contribution in [2.45, 2.75) is 48.7 Å². The molecule has 1 aliphatic heterocycles. The maximum Gasteiger partial charge on any atom is 0.420 e. The highest BCUT2D eigenvalue weighted by Gasteiger charge is 2.40. The van der Waals surface area contributed by atoms with Gasteiger partial charge in [0.05, 0.1) is 30.8 Å². The summed E-state index contributed by atoms with van der Waals surface area (Å²) >= 11 is 0. The second-order valence-electron chi connectivity index (χ2n) is 12.2. The largest absolute Gasteiger partial charge is 0.497 e. The van der Waals surface area contributed by atoms with Gasteiger partial charge in [0.1, 0.15) is 23.2 Å². The van der Waals surface area contributed by atoms with Crippen molar-refractivity contribution < 1.29 is 40.7 Å². The summed E-state index contributed by atoms with van der Waals surface area (Å²) in [6.07, 6.45) is -1.16. The number of hydrogen-bond acceptors (Lipinski definition) is 8.